The van der Waals surface area contributed by atoms with Gasteiger partial charge in [-0.1, -0.05) is 48.5 Å². The second-order valence-corrected chi connectivity index (χ2v) is 8.79. The number of amides is 3. The van der Waals surface area contributed by atoms with E-state index in [4.69, 9.17) is 4.98 Å². The van der Waals surface area contributed by atoms with Gasteiger partial charge in [0.25, 0.3) is 5.91 Å². The molecule has 2 aromatic carbocycles. The fraction of sp³-hybridized carbons (Fsp3) is 0.321. The second-order valence-electron chi connectivity index (χ2n) is 8.79. The number of aryl methyl sites for hydroxylation is 2. The summed E-state index contributed by atoms with van der Waals surface area (Å²) in [5.74, 6) is 0.0885. The molecule has 1 aromatic heterocycles. The van der Waals surface area contributed by atoms with Crippen molar-refractivity contribution in [3.05, 3.63) is 95.3 Å². The fourth-order valence-electron chi connectivity index (χ4n) is 4.39. The van der Waals surface area contributed by atoms with E-state index in [0.29, 0.717) is 25.2 Å². The molecular formula is C28H32N4O2. The maximum absolute atomic E-state index is 13.0. The number of aromatic nitrogens is 1. The molecule has 1 aliphatic rings. The highest BCUT2D eigenvalue weighted by Gasteiger charge is 2.28. The summed E-state index contributed by atoms with van der Waals surface area (Å²) < 4.78 is 0. The first-order valence-corrected chi connectivity index (χ1v) is 12.0. The molecule has 0 bridgehead atoms. The van der Waals surface area contributed by atoms with E-state index in [1.165, 1.54) is 5.56 Å². The number of nitrogens with one attached hydrogen (secondary N) is 2. The predicted octanol–water partition coefficient (Wildman–Crippen LogP) is 5.16. The molecule has 34 heavy (non-hydrogen) atoms. The molecule has 6 heteroatoms. The topological polar surface area (TPSA) is 74.3 Å². The Morgan fingerprint density at radius 1 is 0.941 bits per heavy atom. The maximum atomic E-state index is 13.0. The zero-order valence-corrected chi connectivity index (χ0v) is 19.7. The summed E-state index contributed by atoms with van der Waals surface area (Å²) in [7, 11) is 0. The van der Waals surface area contributed by atoms with Crippen LogP contribution in [0.25, 0.3) is 0 Å². The highest BCUT2D eigenvalue weighted by molar-refractivity contribution is 5.95. The molecule has 0 spiro atoms. The largest absolute Gasteiger partial charge is 0.352 e. The Kier molecular flexibility index (Phi) is 7.91. The molecular weight excluding hydrogens is 424 g/mol. The van der Waals surface area contributed by atoms with Gasteiger partial charge in [0.05, 0.1) is 11.3 Å². The monoisotopic (exact) mass is 456 g/mol. The Labute approximate surface area is 201 Å². The number of benzene rings is 2. The van der Waals surface area contributed by atoms with Gasteiger partial charge in [0.1, 0.15) is 0 Å². The summed E-state index contributed by atoms with van der Waals surface area (Å²) in [6, 6.07) is 23.5. The Bertz CT molecular complexity index is 1090. The summed E-state index contributed by atoms with van der Waals surface area (Å²) in [6.07, 6.45) is 3.39. The Hall–Kier alpha value is -3.67. The number of hydrogen-bond acceptors (Lipinski definition) is 3. The van der Waals surface area contributed by atoms with Gasteiger partial charge in [-0.3, -0.25) is 9.78 Å². The van der Waals surface area contributed by atoms with Crippen LogP contribution in [0.4, 0.5) is 10.5 Å². The number of anilines is 1. The molecule has 4 rings (SSSR count). The quantitative estimate of drug-likeness (QED) is 0.482. The van der Waals surface area contributed by atoms with Crippen molar-refractivity contribution >= 4 is 17.6 Å². The highest BCUT2D eigenvalue weighted by atomic mass is 16.2. The maximum Gasteiger partial charge on any atom is 0.321 e. The number of piperidine rings is 1. The molecule has 2 heterocycles. The van der Waals surface area contributed by atoms with Gasteiger partial charge in [0, 0.05) is 36.9 Å². The molecule has 3 amide bonds. The van der Waals surface area contributed by atoms with Gasteiger partial charge in [-0.15, -0.1) is 0 Å². The van der Waals surface area contributed by atoms with Crippen LogP contribution in [-0.2, 0) is 6.42 Å². The Morgan fingerprint density at radius 2 is 1.62 bits per heavy atom. The van der Waals surface area contributed by atoms with Gasteiger partial charge in [0.15, 0.2) is 0 Å². The Morgan fingerprint density at radius 3 is 2.32 bits per heavy atom. The number of para-hydroxylation sites is 1. The number of urea groups is 1. The number of nitrogens with zero attached hydrogens (tertiary/aromatic N) is 2. The summed E-state index contributed by atoms with van der Waals surface area (Å²) in [5.41, 5.74) is 4.47. The first kappa shape index (κ1) is 23.5. The molecule has 2 N–H and O–H groups in total. The van der Waals surface area contributed by atoms with E-state index in [0.717, 1.165) is 42.8 Å². The molecule has 1 fully saturated rings. The fourth-order valence-corrected chi connectivity index (χ4v) is 4.39. The van der Waals surface area contributed by atoms with E-state index in [-0.39, 0.29) is 17.9 Å². The minimum atomic E-state index is -0.0850. The average Bonchev–Trinajstić information content (AvgIpc) is 2.88. The van der Waals surface area contributed by atoms with Crippen LogP contribution in [-0.4, -0.2) is 41.5 Å². The lowest BCUT2D eigenvalue weighted by atomic mass is 9.90. The Balaban J connectivity index is 1.32. The lowest BCUT2D eigenvalue weighted by Gasteiger charge is -2.32. The molecule has 6 nitrogen and oxygen atoms in total. The molecule has 1 saturated heterocycles. The van der Waals surface area contributed by atoms with Crippen LogP contribution in [0.15, 0.2) is 72.8 Å². The third-order valence-electron chi connectivity index (χ3n) is 6.27. The minimum Gasteiger partial charge on any atom is -0.352 e. The first-order valence-electron chi connectivity index (χ1n) is 12.0. The van der Waals surface area contributed by atoms with Crippen LogP contribution < -0.4 is 10.6 Å². The number of carbonyl (C=O) groups excluding carboxylic acids is 2. The van der Waals surface area contributed by atoms with E-state index in [9.17, 15) is 9.59 Å². The normalized spacial score (nSPS) is 14.0. The number of carbonyl (C=O) groups is 2. The molecule has 0 atom stereocenters. The molecule has 0 saturated carbocycles. The minimum absolute atomic E-state index is 0.0696. The van der Waals surface area contributed by atoms with Crippen molar-refractivity contribution in [2.45, 2.75) is 38.5 Å². The number of likely N-dealkylation sites (tertiary alicyclic amines) is 1. The molecule has 176 valence electrons. The van der Waals surface area contributed by atoms with Crippen LogP contribution in [0, 0.1) is 6.92 Å². The van der Waals surface area contributed by atoms with Crippen LogP contribution in [0.2, 0.25) is 0 Å². The van der Waals surface area contributed by atoms with Crippen molar-refractivity contribution in [2.24, 2.45) is 0 Å². The number of rotatable bonds is 7. The predicted molar refractivity (Wildman–Crippen MR) is 135 cm³/mol. The molecule has 1 aliphatic heterocycles. The third-order valence-corrected chi connectivity index (χ3v) is 6.27. The highest BCUT2D eigenvalue weighted by Crippen LogP contribution is 2.30. The molecule has 0 unspecified atom stereocenters. The van der Waals surface area contributed by atoms with Crippen molar-refractivity contribution in [3.63, 3.8) is 0 Å². The van der Waals surface area contributed by atoms with Gasteiger partial charge >= 0.3 is 6.03 Å². The average molecular weight is 457 g/mol. The van der Waals surface area contributed by atoms with Crippen molar-refractivity contribution in [1.82, 2.24) is 15.2 Å². The van der Waals surface area contributed by atoms with Gasteiger partial charge < -0.3 is 15.5 Å². The van der Waals surface area contributed by atoms with E-state index < -0.39 is 0 Å². The smallest absolute Gasteiger partial charge is 0.321 e. The summed E-state index contributed by atoms with van der Waals surface area (Å²) >= 11 is 0. The standard InChI is InChI=1S/C28H32N4O2/c1-21-14-15-25(27(33)29-18-8-11-22-9-4-2-5-10-22)26(30-21)23-16-19-32(20-17-23)28(34)31-24-12-6-3-7-13-24/h2-7,9-10,12-15,23H,8,11,16-20H2,1H3,(H,29,33)(H,31,34). The second kappa shape index (κ2) is 11.5. The lowest BCUT2D eigenvalue weighted by molar-refractivity contribution is 0.0950. The molecule has 0 aliphatic carbocycles. The zero-order valence-electron chi connectivity index (χ0n) is 19.7. The van der Waals surface area contributed by atoms with Crippen molar-refractivity contribution in [1.29, 1.82) is 0 Å². The summed E-state index contributed by atoms with van der Waals surface area (Å²) in [4.78, 5) is 32.2. The van der Waals surface area contributed by atoms with E-state index >= 15 is 0 Å². The molecule has 0 radical (unpaired) electrons. The molecule has 3 aromatic rings. The number of hydrogen-bond donors (Lipinski definition) is 2. The van der Waals surface area contributed by atoms with Crippen LogP contribution in [0.3, 0.4) is 0 Å². The summed E-state index contributed by atoms with van der Waals surface area (Å²) in [6.45, 7) is 3.85. The SMILES string of the molecule is Cc1ccc(C(=O)NCCCc2ccccc2)c(C2CCN(C(=O)Nc3ccccc3)CC2)n1. The van der Waals surface area contributed by atoms with E-state index in [2.05, 4.69) is 22.8 Å². The third kappa shape index (κ3) is 6.22. The zero-order chi connectivity index (χ0) is 23.8. The van der Waals surface area contributed by atoms with Gasteiger partial charge in [-0.25, -0.2) is 4.79 Å². The van der Waals surface area contributed by atoms with Crippen LogP contribution in [0.5, 0.6) is 0 Å². The van der Waals surface area contributed by atoms with Crippen LogP contribution >= 0.6 is 0 Å². The van der Waals surface area contributed by atoms with E-state index in [1.54, 1.807) is 0 Å². The van der Waals surface area contributed by atoms with Gasteiger partial charge in [-0.2, -0.15) is 0 Å². The summed E-state index contributed by atoms with van der Waals surface area (Å²) in [5, 5.41) is 6.02. The van der Waals surface area contributed by atoms with Gasteiger partial charge in [-0.05, 0) is 62.4 Å². The lowest BCUT2D eigenvalue weighted by Crippen LogP contribution is -2.41. The number of pyridine rings is 1. The van der Waals surface area contributed by atoms with Crippen molar-refractivity contribution in [3.8, 4) is 0 Å². The van der Waals surface area contributed by atoms with Crippen molar-refractivity contribution in [2.75, 3.05) is 25.0 Å². The van der Waals surface area contributed by atoms with Gasteiger partial charge in [0.2, 0.25) is 0 Å². The van der Waals surface area contributed by atoms with Crippen LogP contribution in [0.1, 0.15) is 52.5 Å². The van der Waals surface area contributed by atoms with Crippen molar-refractivity contribution < 1.29 is 9.59 Å². The van der Waals surface area contributed by atoms with E-state index in [1.807, 2.05) is 72.5 Å². The first-order chi connectivity index (χ1) is 16.6.